The summed E-state index contributed by atoms with van der Waals surface area (Å²) in [4.78, 5) is 2.57. The fourth-order valence-electron chi connectivity index (χ4n) is 3.26. The van der Waals surface area contributed by atoms with E-state index in [0.717, 1.165) is 28.8 Å². The van der Waals surface area contributed by atoms with Crippen LogP contribution in [0.1, 0.15) is 45.6 Å². The van der Waals surface area contributed by atoms with Crippen LogP contribution in [0.15, 0.2) is 29.4 Å². The summed E-state index contributed by atoms with van der Waals surface area (Å²) in [6.07, 6.45) is 4.09. The molecule has 1 aliphatic heterocycles. The molecule has 2 heterocycles. The lowest BCUT2D eigenvalue weighted by Crippen LogP contribution is -2.31. The van der Waals surface area contributed by atoms with Crippen molar-refractivity contribution in [2.75, 3.05) is 25.4 Å². The van der Waals surface area contributed by atoms with E-state index in [9.17, 15) is 0 Å². The molecule has 0 unspecified atom stereocenters. The number of benzene rings is 1. The Morgan fingerprint density at radius 1 is 1.00 bits per heavy atom. The molecule has 0 bridgehead atoms. The van der Waals surface area contributed by atoms with Crippen LogP contribution in [0.25, 0.3) is 11.4 Å². The Balaban J connectivity index is 1.62. The van der Waals surface area contributed by atoms with Gasteiger partial charge in [-0.1, -0.05) is 63.2 Å². The van der Waals surface area contributed by atoms with E-state index in [2.05, 4.69) is 71.7 Å². The summed E-state index contributed by atoms with van der Waals surface area (Å²) in [5.41, 5.74) is 2.65. The summed E-state index contributed by atoms with van der Waals surface area (Å²) in [6, 6.07) is 8.72. The molecule has 1 aliphatic rings. The van der Waals surface area contributed by atoms with Crippen molar-refractivity contribution >= 4 is 11.8 Å². The van der Waals surface area contributed by atoms with Crippen LogP contribution in [0.3, 0.4) is 0 Å². The number of piperidine rings is 1. The van der Waals surface area contributed by atoms with Crippen LogP contribution in [0.4, 0.5) is 0 Å². The lowest BCUT2D eigenvalue weighted by Gasteiger charge is -2.25. The highest BCUT2D eigenvalue weighted by molar-refractivity contribution is 7.99. The third-order valence-electron chi connectivity index (χ3n) is 4.93. The molecule has 0 N–H and O–H groups in total. The fraction of sp³-hybridized carbons (Fsp3) is 0.600. The lowest BCUT2D eigenvalue weighted by molar-refractivity contribution is 0.242. The van der Waals surface area contributed by atoms with E-state index in [1.54, 1.807) is 0 Å². The van der Waals surface area contributed by atoms with E-state index >= 15 is 0 Å². The minimum absolute atomic E-state index is 0.174. The Kier molecular flexibility index (Phi) is 5.85. The van der Waals surface area contributed by atoms with E-state index in [1.807, 2.05) is 11.8 Å². The Morgan fingerprint density at radius 3 is 2.32 bits per heavy atom. The molecule has 5 heteroatoms. The van der Waals surface area contributed by atoms with Crippen molar-refractivity contribution in [2.45, 2.75) is 50.6 Å². The molecule has 136 valence electrons. The van der Waals surface area contributed by atoms with Gasteiger partial charge < -0.3 is 9.47 Å². The van der Waals surface area contributed by atoms with Gasteiger partial charge in [-0.3, -0.25) is 0 Å². The molecule has 1 saturated heterocycles. The van der Waals surface area contributed by atoms with Crippen LogP contribution < -0.4 is 0 Å². The number of hydrogen-bond donors (Lipinski definition) is 0. The van der Waals surface area contributed by atoms with Gasteiger partial charge in [0.05, 0.1) is 0 Å². The van der Waals surface area contributed by atoms with Crippen molar-refractivity contribution in [2.24, 2.45) is 7.05 Å². The van der Waals surface area contributed by atoms with Crippen LogP contribution >= 0.6 is 11.8 Å². The Bertz CT molecular complexity index is 679. The third kappa shape index (κ3) is 4.64. The standard InChI is InChI=1S/C20H30N4S/c1-20(2,3)17-10-8-16(9-11-17)18-21-22-19(23(18)4)25-15-14-24-12-6-5-7-13-24/h8-11H,5-7,12-15H2,1-4H3. The lowest BCUT2D eigenvalue weighted by atomic mass is 9.87. The van der Waals surface area contributed by atoms with Crippen LogP contribution in [-0.4, -0.2) is 45.1 Å². The molecule has 0 atom stereocenters. The number of likely N-dealkylation sites (tertiary alicyclic amines) is 1. The summed E-state index contributed by atoms with van der Waals surface area (Å²) in [5.74, 6) is 2.02. The number of aromatic nitrogens is 3. The van der Waals surface area contributed by atoms with E-state index in [4.69, 9.17) is 0 Å². The van der Waals surface area contributed by atoms with Crippen molar-refractivity contribution in [3.8, 4) is 11.4 Å². The van der Waals surface area contributed by atoms with Gasteiger partial charge in [0.25, 0.3) is 0 Å². The SMILES string of the molecule is Cn1c(SCCN2CCCCC2)nnc1-c1ccc(C(C)(C)C)cc1. The minimum atomic E-state index is 0.174. The van der Waals surface area contributed by atoms with Gasteiger partial charge in [-0.25, -0.2) is 0 Å². The topological polar surface area (TPSA) is 34.0 Å². The molecule has 0 radical (unpaired) electrons. The molecule has 0 saturated carbocycles. The van der Waals surface area contributed by atoms with Crippen LogP contribution in [-0.2, 0) is 12.5 Å². The number of hydrogen-bond acceptors (Lipinski definition) is 4. The van der Waals surface area contributed by atoms with E-state index in [0.29, 0.717) is 0 Å². The summed E-state index contributed by atoms with van der Waals surface area (Å²) >= 11 is 1.81. The number of thioether (sulfide) groups is 1. The summed E-state index contributed by atoms with van der Waals surface area (Å²) in [5, 5.41) is 9.83. The summed E-state index contributed by atoms with van der Waals surface area (Å²) in [7, 11) is 2.07. The highest BCUT2D eigenvalue weighted by Gasteiger charge is 2.16. The van der Waals surface area contributed by atoms with Crippen LogP contribution in [0, 0.1) is 0 Å². The summed E-state index contributed by atoms with van der Waals surface area (Å²) < 4.78 is 2.12. The highest BCUT2D eigenvalue weighted by atomic mass is 32.2. The second-order valence-electron chi connectivity index (χ2n) is 7.94. The molecular formula is C20H30N4S. The zero-order chi connectivity index (χ0) is 17.9. The Labute approximate surface area is 156 Å². The van der Waals surface area contributed by atoms with Gasteiger partial charge in [0.15, 0.2) is 11.0 Å². The second-order valence-corrected chi connectivity index (χ2v) is 9.01. The van der Waals surface area contributed by atoms with Gasteiger partial charge in [-0.15, -0.1) is 10.2 Å². The normalized spacial score (nSPS) is 16.3. The average Bonchev–Trinajstić information content (AvgIpc) is 2.96. The van der Waals surface area contributed by atoms with Gasteiger partial charge in [-0.05, 0) is 36.9 Å². The highest BCUT2D eigenvalue weighted by Crippen LogP contribution is 2.27. The van der Waals surface area contributed by atoms with Crippen molar-refractivity contribution in [1.29, 1.82) is 0 Å². The largest absolute Gasteiger partial charge is 0.305 e. The van der Waals surface area contributed by atoms with Gasteiger partial charge in [-0.2, -0.15) is 0 Å². The zero-order valence-electron chi connectivity index (χ0n) is 16.0. The number of rotatable bonds is 5. The zero-order valence-corrected chi connectivity index (χ0v) is 16.8. The maximum absolute atomic E-state index is 4.42. The maximum atomic E-state index is 4.42. The molecule has 0 aliphatic carbocycles. The number of nitrogens with zero attached hydrogens (tertiary/aromatic N) is 4. The quantitative estimate of drug-likeness (QED) is 0.744. The van der Waals surface area contributed by atoms with E-state index in [1.165, 1.54) is 37.9 Å². The van der Waals surface area contributed by atoms with Gasteiger partial charge in [0, 0.05) is 24.9 Å². The predicted molar refractivity (Wildman–Crippen MR) is 106 cm³/mol. The maximum Gasteiger partial charge on any atom is 0.191 e. The van der Waals surface area contributed by atoms with Crippen LogP contribution in [0.2, 0.25) is 0 Å². The molecule has 4 nitrogen and oxygen atoms in total. The summed E-state index contributed by atoms with van der Waals surface area (Å²) in [6.45, 7) is 10.4. The first-order valence-electron chi connectivity index (χ1n) is 9.30. The average molecular weight is 359 g/mol. The first kappa shape index (κ1) is 18.5. The van der Waals surface area contributed by atoms with Crippen molar-refractivity contribution in [3.05, 3.63) is 29.8 Å². The molecule has 2 aromatic rings. The molecular weight excluding hydrogens is 328 g/mol. The third-order valence-corrected chi connectivity index (χ3v) is 5.93. The molecule has 1 fully saturated rings. The monoisotopic (exact) mass is 358 g/mol. The van der Waals surface area contributed by atoms with E-state index in [-0.39, 0.29) is 5.41 Å². The van der Waals surface area contributed by atoms with Gasteiger partial charge >= 0.3 is 0 Å². The fourth-order valence-corrected chi connectivity index (χ4v) is 4.17. The minimum Gasteiger partial charge on any atom is -0.305 e. The molecule has 25 heavy (non-hydrogen) atoms. The van der Waals surface area contributed by atoms with E-state index < -0.39 is 0 Å². The first-order valence-corrected chi connectivity index (χ1v) is 10.3. The predicted octanol–water partition coefficient (Wildman–Crippen LogP) is 4.36. The second kappa shape index (κ2) is 7.92. The molecule has 3 rings (SSSR count). The molecule has 0 spiro atoms. The molecule has 0 amide bonds. The Morgan fingerprint density at radius 2 is 1.68 bits per heavy atom. The molecule has 1 aromatic carbocycles. The Hall–Kier alpha value is -1.33. The van der Waals surface area contributed by atoms with Crippen molar-refractivity contribution in [1.82, 2.24) is 19.7 Å². The van der Waals surface area contributed by atoms with Crippen LogP contribution in [0.5, 0.6) is 0 Å². The first-order chi connectivity index (χ1) is 11.9. The van der Waals surface area contributed by atoms with Gasteiger partial charge in [0.1, 0.15) is 0 Å². The van der Waals surface area contributed by atoms with Crippen molar-refractivity contribution in [3.63, 3.8) is 0 Å². The molecule has 1 aromatic heterocycles. The van der Waals surface area contributed by atoms with Crippen molar-refractivity contribution < 1.29 is 0 Å². The van der Waals surface area contributed by atoms with Gasteiger partial charge in [0.2, 0.25) is 0 Å². The smallest absolute Gasteiger partial charge is 0.191 e.